The Kier molecular flexibility index (Phi) is 3.97. The molecule has 0 saturated carbocycles. The Morgan fingerprint density at radius 3 is 1.54 bits per heavy atom. The molecule has 0 nitrogen and oxygen atoms in total. The summed E-state index contributed by atoms with van der Waals surface area (Å²) in [6.07, 6.45) is 4.83. The van der Waals surface area contributed by atoms with Gasteiger partial charge >= 0.3 is 0 Å². The smallest absolute Gasteiger partial charge is 0.0267 e. The van der Waals surface area contributed by atoms with Gasteiger partial charge in [-0.2, -0.15) is 0 Å². The second-order valence-electron chi connectivity index (χ2n) is 7.38. The predicted molar refractivity (Wildman–Crippen MR) is 108 cm³/mol. The van der Waals surface area contributed by atoms with E-state index in [9.17, 15) is 0 Å². The third-order valence-electron chi connectivity index (χ3n) is 5.40. The van der Waals surface area contributed by atoms with Crippen molar-refractivity contribution >= 4 is 20.1 Å². The van der Waals surface area contributed by atoms with E-state index in [2.05, 4.69) is 88.4 Å². The number of hydrogen-bond donors (Lipinski definition) is 0. The third kappa shape index (κ3) is 2.40. The number of rotatable bonds is 3. The van der Waals surface area contributed by atoms with Gasteiger partial charge < -0.3 is 0 Å². The van der Waals surface area contributed by atoms with E-state index >= 15 is 0 Å². The van der Waals surface area contributed by atoms with Crippen LogP contribution in [0.15, 0.2) is 59.7 Å². The molecule has 0 bridgehead atoms. The quantitative estimate of drug-likeness (QED) is 0.522. The average molecular weight is 332 g/mol. The van der Waals surface area contributed by atoms with Crippen LogP contribution in [-0.2, 0) is 0 Å². The summed E-state index contributed by atoms with van der Waals surface area (Å²) in [5.41, 5.74) is 10.9. The summed E-state index contributed by atoms with van der Waals surface area (Å²) in [6.45, 7) is 9.52. The number of fused-ring (bicyclic) bond motifs is 2. The molecule has 24 heavy (non-hydrogen) atoms. The SMILES string of the molecule is CC1=Cc2ccccc2C1P(C(C)C)C1C(C)=Cc2ccccc21. The summed E-state index contributed by atoms with van der Waals surface area (Å²) in [4.78, 5) is 0. The first kappa shape index (κ1) is 15.9. The van der Waals surface area contributed by atoms with Crippen LogP contribution in [0.5, 0.6) is 0 Å². The van der Waals surface area contributed by atoms with Gasteiger partial charge in [-0.15, -0.1) is 0 Å². The molecule has 122 valence electrons. The minimum atomic E-state index is -0.210. The van der Waals surface area contributed by atoms with Crippen molar-refractivity contribution in [2.45, 2.75) is 44.7 Å². The number of allylic oxidation sites excluding steroid dienone is 2. The zero-order valence-corrected chi connectivity index (χ0v) is 15.8. The van der Waals surface area contributed by atoms with Gasteiger partial charge in [0, 0.05) is 11.3 Å². The Morgan fingerprint density at radius 1 is 0.708 bits per heavy atom. The predicted octanol–water partition coefficient (Wildman–Crippen LogP) is 7.19. The molecule has 0 aliphatic heterocycles. The van der Waals surface area contributed by atoms with Crippen LogP contribution in [-0.4, -0.2) is 5.66 Å². The Labute approximate surface area is 147 Å². The van der Waals surface area contributed by atoms with Gasteiger partial charge in [0.2, 0.25) is 0 Å². The van der Waals surface area contributed by atoms with Crippen LogP contribution in [0, 0.1) is 0 Å². The molecule has 0 heterocycles. The summed E-state index contributed by atoms with van der Waals surface area (Å²) < 4.78 is 0. The van der Waals surface area contributed by atoms with E-state index in [-0.39, 0.29) is 7.92 Å². The molecule has 0 radical (unpaired) electrons. The van der Waals surface area contributed by atoms with Gasteiger partial charge in [0.05, 0.1) is 0 Å². The summed E-state index contributed by atoms with van der Waals surface area (Å²) in [7, 11) is -0.210. The van der Waals surface area contributed by atoms with Crippen molar-refractivity contribution in [1.29, 1.82) is 0 Å². The molecule has 2 aromatic carbocycles. The normalized spacial score (nSPS) is 22.9. The highest BCUT2D eigenvalue weighted by Gasteiger charge is 2.39. The average Bonchev–Trinajstić information content (AvgIpc) is 3.05. The van der Waals surface area contributed by atoms with Crippen LogP contribution in [0.1, 0.15) is 61.3 Å². The van der Waals surface area contributed by atoms with E-state index in [1.165, 1.54) is 11.1 Å². The number of benzene rings is 2. The maximum atomic E-state index is 2.42. The fraction of sp³-hybridized carbons (Fsp3) is 0.304. The van der Waals surface area contributed by atoms with Crippen LogP contribution in [0.4, 0.5) is 0 Å². The molecule has 2 aliphatic carbocycles. The molecule has 0 N–H and O–H groups in total. The van der Waals surface area contributed by atoms with Crippen molar-refractivity contribution in [3.05, 3.63) is 81.9 Å². The van der Waals surface area contributed by atoms with Gasteiger partial charge in [-0.05, 0) is 41.8 Å². The van der Waals surface area contributed by atoms with Crippen LogP contribution in [0.3, 0.4) is 0 Å². The molecular formula is C23H25P. The minimum Gasteiger partial charge on any atom is -0.0802 e. The van der Waals surface area contributed by atoms with Gasteiger partial charge in [-0.1, -0.05) is 93.6 Å². The van der Waals surface area contributed by atoms with Crippen molar-refractivity contribution in [2.24, 2.45) is 0 Å². The van der Waals surface area contributed by atoms with Crippen LogP contribution < -0.4 is 0 Å². The van der Waals surface area contributed by atoms with Gasteiger partial charge in [0.15, 0.2) is 0 Å². The molecule has 0 amide bonds. The van der Waals surface area contributed by atoms with E-state index in [0.717, 1.165) is 0 Å². The Bertz CT molecular complexity index is 773. The summed E-state index contributed by atoms with van der Waals surface area (Å²) in [5.74, 6) is 0. The minimum absolute atomic E-state index is 0.210. The van der Waals surface area contributed by atoms with Gasteiger partial charge in [-0.3, -0.25) is 0 Å². The Balaban J connectivity index is 1.83. The number of hydrogen-bond acceptors (Lipinski definition) is 0. The van der Waals surface area contributed by atoms with E-state index in [1.807, 2.05) is 0 Å². The Hall–Kier alpha value is -1.65. The van der Waals surface area contributed by atoms with Crippen LogP contribution >= 0.6 is 7.92 Å². The van der Waals surface area contributed by atoms with E-state index in [4.69, 9.17) is 0 Å². The summed E-state index contributed by atoms with van der Waals surface area (Å²) in [6, 6.07) is 18.0. The van der Waals surface area contributed by atoms with E-state index in [0.29, 0.717) is 17.0 Å². The van der Waals surface area contributed by atoms with Gasteiger partial charge in [-0.25, -0.2) is 0 Å². The largest absolute Gasteiger partial charge is 0.0802 e. The van der Waals surface area contributed by atoms with E-state index in [1.54, 1.807) is 22.3 Å². The first-order valence-corrected chi connectivity index (χ1v) is 10.4. The summed E-state index contributed by atoms with van der Waals surface area (Å²) in [5, 5.41) is 0. The molecule has 0 aromatic heterocycles. The molecule has 2 unspecified atom stereocenters. The molecule has 4 rings (SSSR count). The first-order chi connectivity index (χ1) is 11.6. The van der Waals surface area contributed by atoms with Crippen LogP contribution in [0.25, 0.3) is 12.2 Å². The fourth-order valence-corrected chi connectivity index (χ4v) is 8.15. The summed E-state index contributed by atoms with van der Waals surface area (Å²) >= 11 is 0. The first-order valence-electron chi connectivity index (χ1n) is 8.89. The van der Waals surface area contributed by atoms with Crippen molar-refractivity contribution in [2.75, 3.05) is 0 Å². The van der Waals surface area contributed by atoms with Crippen molar-refractivity contribution in [1.82, 2.24) is 0 Å². The molecule has 0 saturated heterocycles. The molecule has 2 atom stereocenters. The zero-order valence-electron chi connectivity index (χ0n) is 15.0. The topological polar surface area (TPSA) is 0 Å². The fourth-order valence-electron chi connectivity index (χ4n) is 4.46. The second-order valence-corrected chi connectivity index (χ2v) is 10.3. The molecule has 2 aliphatic rings. The van der Waals surface area contributed by atoms with Crippen molar-refractivity contribution in [3.63, 3.8) is 0 Å². The molecule has 2 aromatic rings. The lowest BCUT2D eigenvalue weighted by Gasteiger charge is -2.37. The highest BCUT2D eigenvalue weighted by atomic mass is 31.1. The maximum absolute atomic E-state index is 2.42. The van der Waals surface area contributed by atoms with Crippen LogP contribution in [0.2, 0.25) is 0 Å². The molecular weight excluding hydrogens is 307 g/mol. The lowest BCUT2D eigenvalue weighted by Crippen LogP contribution is -2.10. The third-order valence-corrected chi connectivity index (χ3v) is 9.16. The van der Waals surface area contributed by atoms with Gasteiger partial charge in [0.1, 0.15) is 0 Å². The Morgan fingerprint density at radius 2 is 1.12 bits per heavy atom. The van der Waals surface area contributed by atoms with Gasteiger partial charge in [0.25, 0.3) is 0 Å². The standard InChI is InChI=1S/C23H25P/c1-15(2)24(22-16(3)13-18-9-5-7-11-20(18)22)23-17(4)14-19-10-6-8-12-21(19)23/h5-15,22-23H,1-4H3. The lowest BCUT2D eigenvalue weighted by atomic mass is 10.1. The molecule has 0 fully saturated rings. The highest BCUT2D eigenvalue weighted by molar-refractivity contribution is 7.59. The zero-order chi connectivity index (χ0) is 16.8. The molecule has 0 spiro atoms. The van der Waals surface area contributed by atoms with E-state index < -0.39 is 0 Å². The maximum Gasteiger partial charge on any atom is 0.0267 e. The monoisotopic (exact) mass is 332 g/mol. The van der Waals surface area contributed by atoms with Crippen molar-refractivity contribution in [3.8, 4) is 0 Å². The second kappa shape index (κ2) is 6.01. The lowest BCUT2D eigenvalue weighted by molar-refractivity contribution is 0.975. The van der Waals surface area contributed by atoms with Crippen molar-refractivity contribution < 1.29 is 0 Å². The molecule has 1 heteroatoms. The highest BCUT2D eigenvalue weighted by Crippen LogP contribution is 2.71.